The first-order valence-electron chi connectivity index (χ1n) is 8.15. The van der Waals surface area contributed by atoms with Gasteiger partial charge in [0.25, 0.3) is 0 Å². The molecule has 1 fully saturated rings. The van der Waals surface area contributed by atoms with Crippen LogP contribution >= 0.6 is 0 Å². The van der Waals surface area contributed by atoms with Gasteiger partial charge in [-0.2, -0.15) is 0 Å². The van der Waals surface area contributed by atoms with Crippen LogP contribution in [0.15, 0.2) is 12.1 Å². The highest BCUT2D eigenvalue weighted by atomic mass is 16.5. The lowest BCUT2D eigenvalue weighted by Gasteiger charge is -2.51. The highest BCUT2D eigenvalue weighted by molar-refractivity contribution is 5.82. The second-order valence-electron chi connectivity index (χ2n) is 6.62. The molecule has 1 aromatic carbocycles. The summed E-state index contributed by atoms with van der Waals surface area (Å²) in [6.45, 7) is 2.13. The van der Waals surface area contributed by atoms with E-state index in [0.29, 0.717) is 36.3 Å². The third-order valence-electron chi connectivity index (χ3n) is 5.83. The summed E-state index contributed by atoms with van der Waals surface area (Å²) >= 11 is 0. The predicted molar refractivity (Wildman–Crippen MR) is 85.5 cm³/mol. The number of fused-ring (bicyclic) bond motifs is 3. The molecule has 0 saturated heterocycles. The number of Topliss-reactive ketones (excluding diaryl/α,β-unsaturated/α-hetero) is 1. The van der Waals surface area contributed by atoms with Crippen LogP contribution in [0.3, 0.4) is 0 Å². The number of ether oxygens (including phenoxy) is 1. The molecule has 0 spiro atoms. The minimum atomic E-state index is -0.269. The van der Waals surface area contributed by atoms with Gasteiger partial charge in [-0.25, -0.2) is 0 Å². The van der Waals surface area contributed by atoms with Gasteiger partial charge in [-0.1, -0.05) is 13.0 Å². The molecule has 3 atom stereocenters. The summed E-state index contributed by atoms with van der Waals surface area (Å²) in [6, 6.07) is 4.23. The highest BCUT2D eigenvalue weighted by Gasteiger charge is 2.51. The summed E-state index contributed by atoms with van der Waals surface area (Å²) in [7, 11) is 3.57. The molecule has 2 aliphatic carbocycles. The lowest BCUT2D eigenvalue weighted by atomic mass is 9.54. The van der Waals surface area contributed by atoms with Crippen molar-refractivity contribution in [3.8, 4) is 11.5 Å². The number of carbonyl (C=O) groups is 1. The highest BCUT2D eigenvalue weighted by Crippen LogP contribution is 2.55. The third-order valence-corrected chi connectivity index (χ3v) is 5.83. The van der Waals surface area contributed by atoms with Crippen LogP contribution in [0.1, 0.15) is 43.7 Å². The monoisotopic (exact) mass is 303 g/mol. The van der Waals surface area contributed by atoms with Crippen LogP contribution in [0.5, 0.6) is 11.5 Å². The normalized spacial score (nSPS) is 30.6. The zero-order valence-corrected chi connectivity index (χ0v) is 13.6. The number of aromatic hydroxyl groups is 1. The average Bonchev–Trinajstić information content (AvgIpc) is 2.53. The van der Waals surface area contributed by atoms with Crippen LogP contribution in [0, 0.1) is 5.92 Å². The van der Waals surface area contributed by atoms with E-state index in [2.05, 4.69) is 12.2 Å². The minimum absolute atomic E-state index is 0.233. The number of ketones is 1. The summed E-state index contributed by atoms with van der Waals surface area (Å²) in [6.07, 6.45) is 3.83. The number of benzene rings is 1. The van der Waals surface area contributed by atoms with E-state index in [1.807, 2.05) is 19.2 Å². The Labute approximate surface area is 131 Å². The van der Waals surface area contributed by atoms with Gasteiger partial charge >= 0.3 is 0 Å². The zero-order chi connectivity index (χ0) is 15.9. The molecule has 0 aromatic heterocycles. The molecule has 0 bridgehead atoms. The van der Waals surface area contributed by atoms with E-state index in [1.165, 1.54) is 0 Å². The van der Waals surface area contributed by atoms with Crippen LogP contribution in [0.4, 0.5) is 0 Å². The molecule has 120 valence electrons. The number of hydrogen-bond donors (Lipinski definition) is 2. The number of rotatable bonds is 3. The summed E-state index contributed by atoms with van der Waals surface area (Å²) in [5.41, 5.74) is 1.83. The van der Waals surface area contributed by atoms with E-state index in [1.54, 1.807) is 7.11 Å². The van der Waals surface area contributed by atoms with E-state index in [9.17, 15) is 9.90 Å². The first-order chi connectivity index (χ1) is 10.6. The molecular formula is C18H25NO3. The minimum Gasteiger partial charge on any atom is -0.504 e. The van der Waals surface area contributed by atoms with Gasteiger partial charge in [0.05, 0.1) is 7.11 Å². The van der Waals surface area contributed by atoms with E-state index >= 15 is 0 Å². The van der Waals surface area contributed by atoms with Crippen molar-refractivity contribution in [3.63, 3.8) is 0 Å². The first-order valence-corrected chi connectivity index (χ1v) is 8.15. The Kier molecular flexibility index (Phi) is 3.89. The van der Waals surface area contributed by atoms with Gasteiger partial charge in [-0.15, -0.1) is 0 Å². The fourth-order valence-corrected chi connectivity index (χ4v) is 4.77. The van der Waals surface area contributed by atoms with Crippen LogP contribution in [-0.2, 0) is 16.6 Å². The Balaban J connectivity index is 2.23. The number of likely N-dealkylation sites (N-methyl/N-ethyl adjacent to an activating group) is 1. The first kappa shape index (κ1) is 15.3. The van der Waals surface area contributed by atoms with Gasteiger partial charge < -0.3 is 15.2 Å². The molecular weight excluding hydrogens is 278 g/mol. The molecule has 4 heteroatoms. The smallest absolute Gasteiger partial charge is 0.161 e. The van der Waals surface area contributed by atoms with Gasteiger partial charge in [0.15, 0.2) is 11.5 Å². The molecule has 0 heterocycles. The standard InChI is InChI=1S/C18H25NO3/c1-4-18-10-12(20)6-7-13(18)14(19-2)9-11-5-8-15(22-3)17(21)16(11)18/h5,8,13-14,19,21H,4,6-7,9-10H2,1-3H3/t13?,14?,18-/m1/s1. The Bertz CT molecular complexity index is 598. The third kappa shape index (κ3) is 2.04. The maximum absolute atomic E-state index is 12.2. The van der Waals surface area contributed by atoms with Crippen molar-refractivity contribution in [3.05, 3.63) is 23.3 Å². The number of carbonyl (C=O) groups excluding carboxylic acids is 1. The van der Waals surface area contributed by atoms with Crippen molar-refractivity contribution in [2.75, 3.05) is 14.2 Å². The topological polar surface area (TPSA) is 58.6 Å². The molecule has 0 radical (unpaired) electrons. The molecule has 22 heavy (non-hydrogen) atoms. The van der Waals surface area contributed by atoms with E-state index in [4.69, 9.17) is 4.74 Å². The SMILES string of the molecule is CC[C@@]12CC(=O)CCC1C(NC)Cc1ccc(OC)c(O)c12. The Hall–Kier alpha value is -1.55. The quantitative estimate of drug-likeness (QED) is 0.901. The van der Waals surface area contributed by atoms with Crippen molar-refractivity contribution in [2.24, 2.45) is 5.92 Å². The van der Waals surface area contributed by atoms with Gasteiger partial charge in [0.2, 0.25) is 0 Å². The predicted octanol–water partition coefficient (Wildman–Crippen LogP) is 2.56. The summed E-state index contributed by atoms with van der Waals surface area (Å²) < 4.78 is 5.31. The number of methoxy groups -OCH3 is 1. The van der Waals surface area contributed by atoms with Gasteiger partial charge in [0, 0.05) is 29.9 Å². The van der Waals surface area contributed by atoms with Crippen molar-refractivity contribution < 1.29 is 14.6 Å². The lowest BCUT2D eigenvalue weighted by Crippen LogP contribution is -2.54. The maximum Gasteiger partial charge on any atom is 0.161 e. The van der Waals surface area contributed by atoms with E-state index in [-0.39, 0.29) is 11.2 Å². The summed E-state index contributed by atoms with van der Waals surface area (Å²) in [5, 5.41) is 14.2. The van der Waals surface area contributed by atoms with Gasteiger partial charge in [0.1, 0.15) is 5.78 Å². The zero-order valence-electron chi connectivity index (χ0n) is 13.6. The largest absolute Gasteiger partial charge is 0.504 e. The van der Waals surface area contributed by atoms with Gasteiger partial charge in [-0.05, 0) is 43.9 Å². The molecule has 2 aliphatic rings. The molecule has 1 saturated carbocycles. The van der Waals surface area contributed by atoms with Crippen molar-refractivity contribution in [1.82, 2.24) is 5.32 Å². The molecule has 2 unspecified atom stereocenters. The number of hydrogen-bond acceptors (Lipinski definition) is 4. The number of phenolic OH excluding ortho intramolecular Hbond substituents is 1. The second-order valence-corrected chi connectivity index (χ2v) is 6.62. The Morgan fingerprint density at radius 2 is 2.23 bits per heavy atom. The van der Waals surface area contributed by atoms with Crippen molar-refractivity contribution in [1.29, 1.82) is 0 Å². The Morgan fingerprint density at radius 1 is 1.45 bits per heavy atom. The Morgan fingerprint density at radius 3 is 2.86 bits per heavy atom. The van der Waals surface area contributed by atoms with Crippen molar-refractivity contribution >= 4 is 5.78 Å². The molecule has 0 amide bonds. The molecule has 3 rings (SSSR count). The molecule has 4 nitrogen and oxygen atoms in total. The average molecular weight is 303 g/mol. The van der Waals surface area contributed by atoms with Crippen LogP contribution in [0.25, 0.3) is 0 Å². The number of nitrogens with one attached hydrogen (secondary N) is 1. The fourth-order valence-electron chi connectivity index (χ4n) is 4.77. The second kappa shape index (κ2) is 5.58. The van der Waals surface area contributed by atoms with Crippen LogP contribution in [-0.4, -0.2) is 31.1 Å². The van der Waals surface area contributed by atoms with E-state index < -0.39 is 0 Å². The maximum atomic E-state index is 12.2. The summed E-state index contributed by atoms with van der Waals surface area (Å²) in [4.78, 5) is 12.2. The van der Waals surface area contributed by atoms with Crippen LogP contribution in [0.2, 0.25) is 0 Å². The van der Waals surface area contributed by atoms with Crippen LogP contribution < -0.4 is 10.1 Å². The lowest BCUT2D eigenvalue weighted by molar-refractivity contribution is -0.124. The number of phenols is 1. The molecule has 2 N–H and O–H groups in total. The van der Waals surface area contributed by atoms with E-state index in [0.717, 1.165) is 30.4 Å². The molecule has 0 aliphatic heterocycles. The molecule has 1 aromatic rings. The fraction of sp³-hybridized carbons (Fsp3) is 0.611. The summed E-state index contributed by atoms with van der Waals surface area (Å²) in [5.74, 6) is 1.43. The van der Waals surface area contributed by atoms with Gasteiger partial charge in [-0.3, -0.25) is 4.79 Å². The van der Waals surface area contributed by atoms with Crippen molar-refractivity contribution in [2.45, 2.75) is 50.5 Å².